The van der Waals surface area contributed by atoms with Crippen LogP contribution in [0.15, 0.2) is 48.7 Å². The van der Waals surface area contributed by atoms with Gasteiger partial charge in [-0.1, -0.05) is 23.7 Å². The number of primary amides is 1. The summed E-state index contributed by atoms with van der Waals surface area (Å²) < 4.78 is 51.4. The summed E-state index contributed by atoms with van der Waals surface area (Å²) in [7, 11) is 0. The number of ether oxygens (including phenoxy) is 2. The Morgan fingerprint density at radius 2 is 2.02 bits per heavy atom. The third-order valence-corrected chi connectivity index (χ3v) is 8.79. The highest BCUT2D eigenvalue weighted by atomic mass is 35.5. The second-order valence-corrected chi connectivity index (χ2v) is 12.0. The van der Waals surface area contributed by atoms with Crippen LogP contribution in [0.5, 0.6) is 11.5 Å². The molecule has 1 aliphatic heterocycles. The fourth-order valence-electron chi connectivity index (χ4n) is 5.64. The largest absolute Gasteiger partial charge is 0.489 e. The molecule has 6 rings (SSSR count). The van der Waals surface area contributed by atoms with Crippen molar-refractivity contribution in [1.82, 2.24) is 15.3 Å². The third kappa shape index (κ3) is 5.42. The third-order valence-electron chi connectivity index (χ3n) is 8.40. The fourth-order valence-corrected chi connectivity index (χ4v) is 5.86. The van der Waals surface area contributed by atoms with Crippen LogP contribution < -0.4 is 20.5 Å². The lowest BCUT2D eigenvalue weighted by molar-refractivity contribution is -0.123. The molecule has 3 heterocycles. The van der Waals surface area contributed by atoms with Crippen molar-refractivity contribution in [1.29, 1.82) is 0 Å². The van der Waals surface area contributed by atoms with E-state index in [1.807, 2.05) is 0 Å². The van der Waals surface area contributed by atoms with E-state index in [1.54, 1.807) is 19.9 Å². The predicted molar refractivity (Wildman–Crippen MR) is 159 cm³/mol. The smallest absolute Gasteiger partial charge is 0.387 e. The van der Waals surface area contributed by atoms with Crippen molar-refractivity contribution < 1.29 is 37.3 Å². The number of nitrogens with zero attached hydrogens (tertiary/aromatic N) is 2. The summed E-state index contributed by atoms with van der Waals surface area (Å²) in [6, 6.07) is 10.0. The maximum atomic E-state index is 14.5. The van der Waals surface area contributed by atoms with Crippen molar-refractivity contribution in [3.63, 3.8) is 0 Å². The van der Waals surface area contributed by atoms with Crippen LogP contribution in [-0.4, -0.2) is 46.7 Å². The maximum absolute atomic E-state index is 14.5. The van der Waals surface area contributed by atoms with E-state index in [0.717, 1.165) is 11.6 Å². The molecule has 1 saturated carbocycles. The Hall–Kier alpha value is -4.42. The second-order valence-electron chi connectivity index (χ2n) is 11.6. The standard InChI is InChI=1S/C32H28ClF3N4O5/c1-15-8-16-9-17(10-22(45-30(35)36)25(16)38-12-15)28(41)39-13-32(43,18-6-7-18)23-11-20-27(44-14-31(20,2)29(37)42)26(40-23)19-4-3-5-21(34)24(19)33/h3-5,8-12,18,30,43H,6-7,13-14H2,1-2H3,(H2,37,42)(H,39,41)/t31-,32+/m0/s1. The highest BCUT2D eigenvalue weighted by Crippen LogP contribution is 2.50. The Kier molecular flexibility index (Phi) is 7.60. The van der Waals surface area contributed by atoms with Crippen molar-refractivity contribution in [3.05, 3.63) is 81.9 Å². The van der Waals surface area contributed by atoms with E-state index in [-0.39, 0.29) is 63.6 Å². The number of benzene rings is 2. The average molecular weight is 641 g/mol. The SMILES string of the molecule is Cc1cnc2c(OC(F)F)cc(C(=O)NC[C@](O)(c3cc4c(c(-c5cccc(F)c5Cl)n3)OC[C@]4(C)C(N)=O)C3CC3)cc2c1. The number of fused-ring (bicyclic) bond motifs is 2. The molecule has 2 amide bonds. The highest BCUT2D eigenvalue weighted by molar-refractivity contribution is 6.33. The molecule has 45 heavy (non-hydrogen) atoms. The molecule has 13 heteroatoms. The zero-order valence-corrected chi connectivity index (χ0v) is 24.9. The lowest BCUT2D eigenvalue weighted by atomic mass is 9.81. The van der Waals surface area contributed by atoms with Crippen molar-refractivity contribution in [3.8, 4) is 22.8 Å². The number of nitrogens with two attached hydrogens (primary N) is 1. The second kappa shape index (κ2) is 11.2. The number of carbonyl (C=O) groups is 2. The summed E-state index contributed by atoms with van der Waals surface area (Å²) >= 11 is 6.33. The number of alkyl halides is 2. The van der Waals surface area contributed by atoms with Gasteiger partial charge in [-0.05, 0) is 68.5 Å². The van der Waals surface area contributed by atoms with Crippen molar-refractivity contribution in [2.24, 2.45) is 11.7 Å². The first-order valence-corrected chi connectivity index (χ1v) is 14.5. The van der Waals surface area contributed by atoms with Crippen LogP contribution in [0, 0.1) is 18.7 Å². The first-order valence-electron chi connectivity index (χ1n) is 14.1. The number of aryl methyl sites for hydroxylation is 1. The monoisotopic (exact) mass is 640 g/mol. The zero-order chi connectivity index (χ0) is 32.3. The van der Waals surface area contributed by atoms with Gasteiger partial charge in [0, 0.05) is 28.3 Å². The Morgan fingerprint density at radius 1 is 1.27 bits per heavy atom. The minimum absolute atomic E-state index is 0.00699. The van der Waals surface area contributed by atoms with Crippen LogP contribution >= 0.6 is 11.6 Å². The molecule has 0 spiro atoms. The molecule has 2 atom stereocenters. The van der Waals surface area contributed by atoms with Gasteiger partial charge in [0.25, 0.3) is 5.91 Å². The quantitative estimate of drug-likeness (QED) is 0.230. The average Bonchev–Trinajstić information content (AvgIpc) is 3.80. The van der Waals surface area contributed by atoms with Crippen LogP contribution in [0.3, 0.4) is 0 Å². The van der Waals surface area contributed by atoms with Gasteiger partial charge in [-0.15, -0.1) is 0 Å². The number of pyridine rings is 2. The number of aromatic nitrogens is 2. The van der Waals surface area contributed by atoms with E-state index in [9.17, 15) is 27.9 Å². The van der Waals surface area contributed by atoms with Crippen LogP contribution in [-0.2, 0) is 15.8 Å². The van der Waals surface area contributed by atoms with Crippen molar-refractivity contribution in [2.75, 3.05) is 13.2 Å². The molecule has 0 bridgehead atoms. The molecule has 2 aromatic heterocycles. The predicted octanol–water partition coefficient (Wildman–Crippen LogP) is 5.16. The highest BCUT2D eigenvalue weighted by Gasteiger charge is 2.50. The number of rotatable bonds is 9. The van der Waals surface area contributed by atoms with Gasteiger partial charge < -0.3 is 25.6 Å². The molecule has 9 nitrogen and oxygen atoms in total. The summed E-state index contributed by atoms with van der Waals surface area (Å²) in [5.74, 6) is -2.47. The van der Waals surface area contributed by atoms with Gasteiger partial charge in [-0.2, -0.15) is 8.78 Å². The molecule has 4 N–H and O–H groups in total. The van der Waals surface area contributed by atoms with Crippen molar-refractivity contribution in [2.45, 2.75) is 44.3 Å². The lowest BCUT2D eigenvalue weighted by Gasteiger charge is -2.30. The zero-order valence-electron chi connectivity index (χ0n) is 24.2. The minimum Gasteiger partial charge on any atom is -0.489 e. The number of nitrogens with one attached hydrogen (secondary N) is 1. The molecule has 1 aliphatic carbocycles. The van der Waals surface area contributed by atoms with Gasteiger partial charge >= 0.3 is 6.61 Å². The molecular formula is C32H28ClF3N4O5. The summed E-state index contributed by atoms with van der Waals surface area (Å²) in [5.41, 5.74) is 4.35. The van der Waals surface area contributed by atoms with Crippen LogP contribution in [0.25, 0.3) is 22.2 Å². The Labute approximate surface area is 260 Å². The van der Waals surface area contributed by atoms with Gasteiger partial charge in [0.05, 0.1) is 17.3 Å². The molecule has 234 valence electrons. The Morgan fingerprint density at radius 3 is 2.71 bits per heavy atom. The van der Waals surface area contributed by atoms with Crippen LogP contribution in [0.1, 0.15) is 46.9 Å². The topological polar surface area (TPSA) is 137 Å². The number of carbonyl (C=O) groups excluding carboxylic acids is 2. The fraction of sp³-hybridized carbons (Fsp3) is 0.312. The normalized spacial score (nSPS) is 18.8. The minimum atomic E-state index is -3.14. The van der Waals surface area contributed by atoms with E-state index < -0.39 is 35.3 Å². The van der Waals surface area contributed by atoms with Crippen LogP contribution in [0.2, 0.25) is 5.02 Å². The summed E-state index contributed by atoms with van der Waals surface area (Å²) in [5, 5.41) is 15.1. The molecule has 0 saturated heterocycles. The number of hydrogen-bond donors (Lipinski definition) is 3. The van der Waals surface area contributed by atoms with Gasteiger partial charge in [0.15, 0.2) is 5.75 Å². The van der Waals surface area contributed by atoms with E-state index >= 15 is 0 Å². The first kappa shape index (κ1) is 30.6. The Balaban J connectivity index is 1.41. The van der Waals surface area contributed by atoms with E-state index in [1.165, 1.54) is 36.5 Å². The molecule has 1 fully saturated rings. The van der Waals surface area contributed by atoms with Gasteiger partial charge in [0.2, 0.25) is 5.91 Å². The van der Waals surface area contributed by atoms with Gasteiger partial charge in [0.1, 0.15) is 40.4 Å². The maximum Gasteiger partial charge on any atom is 0.387 e. The van der Waals surface area contributed by atoms with E-state index in [2.05, 4.69) is 20.0 Å². The molecular weight excluding hydrogens is 613 g/mol. The van der Waals surface area contributed by atoms with Gasteiger partial charge in [-0.3, -0.25) is 14.6 Å². The van der Waals surface area contributed by atoms with Gasteiger partial charge in [-0.25, -0.2) is 9.37 Å². The molecule has 4 aromatic rings. The van der Waals surface area contributed by atoms with Crippen LogP contribution in [0.4, 0.5) is 13.2 Å². The molecule has 2 aliphatic rings. The lowest BCUT2D eigenvalue weighted by Crippen LogP contribution is -2.44. The van der Waals surface area contributed by atoms with E-state index in [4.69, 9.17) is 22.1 Å². The number of aliphatic hydroxyl groups is 1. The molecule has 0 radical (unpaired) electrons. The molecule has 2 aromatic carbocycles. The first-order chi connectivity index (χ1) is 21.3. The number of amides is 2. The summed E-state index contributed by atoms with van der Waals surface area (Å²) in [4.78, 5) is 34.9. The summed E-state index contributed by atoms with van der Waals surface area (Å²) in [6.07, 6.45) is 2.72. The summed E-state index contributed by atoms with van der Waals surface area (Å²) in [6.45, 7) is -0.222. The number of halogens is 4. The number of hydrogen-bond acceptors (Lipinski definition) is 7. The van der Waals surface area contributed by atoms with Crippen molar-refractivity contribution >= 4 is 34.3 Å². The molecule has 0 unspecified atom stereocenters. The Bertz CT molecular complexity index is 1870. The van der Waals surface area contributed by atoms with E-state index in [0.29, 0.717) is 23.8 Å².